The summed E-state index contributed by atoms with van der Waals surface area (Å²) in [5.41, 5.74) is 1.71. The van der Waals surface area contributed by atoms with Crippen LogP contribution in [-0.4, -0.2) is 23.2 Å². The molecule has 0 saturated heterocycles. The fraction of sp³-hybridized carbons (Fsp3) is 0.154. The molecule has 1 rings (SSSR count). The van der Waals surface area contributed by atoms with Crippen LogP contribution in [0.25, 0.3) is 6.08 Å². The number of hydrogen-bond acceptors (Lipinski definition) is 5. The Morgan fingerprint density at radius 1 is 1.26 bits per heavy atom. The van der Waals surface area contributed by atoms with Gasteiger partial charge in [0.1, 0.15) is 0 Å². The summed E-state index contributed by atoms with van der Waals surface area (Å²) >= 11 is 0. The Hall–Kier alpha value is -2.81. The van der Waals surface area contributed by atoms with Crippen molar-refractivity contribution in [3.05, 3.63) is 28.8 Å². The maximum absolute atomic E-state index is 10.8. The number of carboxylic acid groups (broad SMARTS) is 1. The lowest BCUT2D eigenvalue weighted by Gasteiger charge is -2.05. The molecule has 0 aromatic heterocycles. The molecule has 0 aliphatic carbocycles. The van der Waals surface area contributed by atoms with E-state index < -0.39 is 5.97 Å². The van der Waals surface area contributed by atoms with Crippen LogP contribution in [0.15, 0.2) is 27.7 Å². The summed E-state index contributed by atoms with van der Waals surface area (Å²) in [5, 5.41) is 8.84. The lowest BCUT2D eigenvalue weighted by Crippen LogP contribution is -1.96. The smallest absolute Gasteiger partial charge is 0.331 e. The van der Waals surface area contributed by atoms with E-state index in [1.807, 2.05) is 0 Å². The summed E-state index contributed by atoms with van der Waals surface area (Å²) in [4.78, 5) is 38.3. The van der Waals surface area contributed by atoms with Gasteiger partial charge in [0, 0.05) is 5.57 Å². The quantitative estimate of drug-likeness (QED) is 0.509. The maximum Gasteiger partial charge on any atom is 0.331 e. The number of carbonyl (C=O) groups is 1. The molecule has 0 heterocycles. The van der Waals surface area contributed by atoms with Gasteiger partial charge >= 0.3 is 5.97 Å². The van der Waals surface area contributed by atoms with E-state index in [-0.39, 0.29) is 16.9 Å². The minimum absolute atomic E-state index is 0.108. The first-order valence-corrected chi connectivity index (χ1v) is 5.21. The largest absolute Gasteiger partial charge is 0.478 e. The van der Waals surface area contributed by atoms with E-state index in [0.717, 1.165) is 0 Å². The Morgan fingerprint density at radius 2 is 1.89 bits per heavy atom. The number of aliphatic imine (C=N–C) groups is 2. The Kier molecular flexibility index (Phi) is 4.66. The average molecular weight is 258 g/mol. The highest BCUT2D eigenvalue weighted by molar-refractivity contribution is 5.92. The second-order valence-electron chi connectivity index (χ2n) is 3.72. The van der Waals surface area contributed by atoms with Crippen LogP contribution >= 0.6 is 0 Å². The molecule has 0 amide bonds. The van der Waals surface area contributed by atoms with Gasteiger partial charge in [0.25, 0.3) is 0 Å². The summed E-state index contributed by atoms with van der Waals surface area (Å²) < 4.78 is 0. The van der Waals surface area contributed by atoms with Crippen LogP contribution in [0, 0.1) is 6.92 Å². The number of aliphatic carboxylic acids is 1. The molecule has 0 atom stereocenters. The predicted molar refractivity (Wildman–Crippen MR) is 68.0 cm³/mol. The zero-order valence-corrected chi connectivity index (χ0v) is 10.3. The highest BCUT2D eigenvalue weighted by Crippen LogP contribution is 2.29. The number of benzene rings is 1. The third-order valence-electron chi connectivity index (χ3n) is 2.46. The summed E-state index contributed by atoms with van der Waals surface area (Å²) in [6, 6.07) is 2.93. The van der Waals surface area contributed by atoms with Gasteiger partial charge in [-0.1, -0.05) is 0 Å². The van der Waals surface area contributed by atoms with Crippen molar-refractivity contribution in [2.75, 3.05) is 0 Å². The molecule has 1 aromatic carbocycles. The first-order valence-electron chi connectivity index (χ1n) is 5.21. The molecule has 6 heteroatoms. The number of isocyanates is 2. The SMILES string of the molecule is CC(=Cc1cc(N=C=O)cc(N=C=O)c1C)C(=O)O. The molecule has 0 bridgehead atoms. The molecule has 1 aromatic rings. The van der Waals surface area contributed by atoms with Gasteiger partial charge < -0.3 is 5.11 Å². The second-order valence-corrected chi connectivity index (χ2v) is 3.72. The van der Waals surface area contributed by atoms with Gasteiger partial charge in [-0.2, -0.15) is 9.98 Å². The monoisotopic (exact) mass is 258 g/mol. The van der Waals surface area contributed by atoms with E-state index in [2.05, 4.69) is 9.98 Å². The van der Waals surface area contributed by atoms with Crippen LogP contribution in [-0.2, 0) is 14.4 Å². The minimum atomic E-state index is -1.07. The predicted octanol–water partition coefficient (Wildman–Crippen LogP) is 2.42. The van der Waals surface area contributed by atoms with Gasteiger partial charge in [0.2, 0.25) is 12.2 Å². The second kappa shape index (κ2) is 6.21. The van der Waals surface area contributed by atoms with Gasteiger partial charge in [-0.3, -0.25) is 0 Å². The molecule has 0 fully saturated rings. The molecule has 1 N–H and O–H groups in total. The Bertz CT molecular complexity index is 649. The van der Waals surface area contributed by atoms with Crippen molar-refractivity contribution in [3.8, 4) is 0 Å². The number of carbonyl (C=O) groups excluding carboxylic acids is 2. The van der Waals surface area contributed by atoms with Crippen molar-refractivity contribution in [1.82, 2.24) is 0 Å². The molecule has 19 heavy (non-hydrogen) atoms. The molecular weight excluding hydrogens is 248 g/mol. The molecule has 0 aliphatic heterocycles. The Morgan fingerprint density at radius 3 is 2.42 bits per heavy atom. The maximum atomic E-state index is 10.8. The third kappa shape index (κ3) is 3.57. The molecule has 6 nitrogen and oxygen atoms in total. The molecule has 0 spiro atoms. The third-order valence-corrected chi connectivity index (χ3v) is 2.46. The van der Waals surface area contributed by atoms with E-state index in [1.54, 1.807) is 6.92 Å². The van der Waals surface area contributed by atoms with Crippen molar-refractivity contribution in [3.63, 3.8) is 0 Å². The summed E-state index contributed by atoms with van der Waals surface area (Å²) in [6.45, 7) is 3.10. The minimum Gasteiger partial charge on any atom is -0.478 e. The van der Waals surface area contributed by atoms with Crippen LogP contribution in [0.5, 0.6) is 0 Å². The van der Waals surface area contributed by atoms with E-state index >= 15 is 0 Å². The highest BCUT2D eigenvalue weighted by atomic mass is 16.4. The van der Waals surface area contributed by atoms with Crippen molar-refractivity contribution < 1.29 is 19.5 Å². The van der Waals surface area contributed by atoms with Crippen molar-refractivity contribution in [1.29, 1.82) is 0 Å². The number of carboxylic acids is 1. The van der Waals surface area contributed by atoms with E-state index in [0.29, 0.717) is 11.1 Å². The Balaban J connectivity index is 3.53. The fourth-order valence-corrected chi connectivity index (χ4v) is 1.43. The van der Waals surface area contributed by atoms with Gasteiger partial charge in [0.15, 0.2) is 0 Å². The van der Waals surface area contributed by atoms with E-state index in [4.69, 9.17) is 5.11 Å². The molecular formula is C13H10N2O4. The summed E-state index contributed by atoms with van der Waals surface area (Å²) in [6.07, 6.45) is 4.18. The van der Waals surface area contributed by atoms with Gasteiger partial charge in [-0.15, -0.1) is 0 Å². The molecule has 96 valence electrons. The topological polar surface area (TPSA) is 96.2 Å². The lowest BCUT2D eigenvalue weighted by molar-refractivity contribution is -0.132. The van der Waals surface area contributed by atoms with Crippen LogP contribution < -0.4 is 0 Å². The van der Waals surface area contributed by atoms with Crippen LogP contribution in [0.1, 0.15) is 18.1 Å². The van der Waals surface area contributed by atoms with Crippen molar-refractivity contribution >= 4 is 35.6 Å². The molecule has 0 saturated carbocycles. The summed E-state index contributed by atoms with van der Waals surface area (Å²) in [5.74, 6) is -1.07. The normalized spacial score (nSPS) is 10.3. The summed E-state index contributed by atoms with van der Waals surface area (Å²) in [7, 11) is 0. The highest BCUT2D eigenvalue weighted by Gasteiger charge is 2.08. The van der Waals surface area contributed by atoms with Gasteiger partial charge in [0.05, 0.1) is 11.4 Å². The van der Waals surface area contributed by atoms with Crippen LogP contribution in [0.4, 0.5) is 11.4 Å². The Labute approximate surface area is 108 Å². The standard InChI is InChI=1S/C13H10N2O4/c1-8(13(18)19)3-10-4-11(14-6-16)5-12(9(10)2)15-7-17/h3-5H,1-2H3,(H,18,19). The van der Waals surface area contributed by atoms with E-state index in [9.17, 15) is 14.4 Å². The first kappa shape index (κ1) is 14.3. The number of hydrogen-bond donors (Lipinski definition) is 1. The zero-order chi connectivity index (χ0) is 14.4. The average Bonchev–Trinajstić information content (AvgIpc) is 2.35. The van der Waals surface area contributed by atoms with Crippen LogP contribution in [0.3, 0.4) is 0 Å². The fourth-order valence-electron chi connectivity index (χ4n) is 1.43. The molecule has 0 aliphatic rings. The molecule has 0 radical (unpaired) electrons. The van der Waals surface area contributed by atoms with Crippen LogP contribution in [0.2, 0.25) is 0 Å². The zero-order valence-electron chi connectivity index (χ0n) is 10.3. The molecule has 0 unspecified atom stereocenters. The number of nitrogens with zero attached hydrogens (tertiary/aromatic N) is 2. The lowest BCUT2D eigenvalue weighted by atomic mass is 10.0. The van der Waals surface area contributed by atoms with Gasteiger partial charge in [-0.05, 0) is 43.2 Å². The van der Waals surface area contributed by atoms with E-state index in [1.165, 1.54) is 37.3 Å². The number of rotatable bonds is 4. The van der Waals surface area contributed by atoms with Crippen molar-refractivity contribution in [2.45, 2.75) is 13.8 Å². The van der Waals surface area contributed by atoms with Crippen molar-refractivity contribution in [2.24, 2.45) is 9.98 Å². The first-order chi connectivity index (χ1) is 8.99. The van der Waals surface area contributed by atoms with Gasteiger partial charge in [-0.25, -0.2) is 14.4 Å².